The Morgan fingerprint density at radius 1 is 1.25 bits per heavy atom. The predicted octanol–water partition coefficient (Wildman–Crippen LogP) is 0.695. The third-order valence-corrected chi connectivity index (χ3v) is 6.73. The van der Waals surface area contributed by atoms with Crippen LogP contribution in [-0.2, 0) is 20.9 Å². The van der Waals surface area contributed by atoms with Crippen molar-refractivity contribution >= 4 is 34.3 Å². The topological polar surface area (TPSA) is 152 Å². The number of rotatable bonds is 7. The zero-order chi connectivity index (χ0) is 20.3. The zero-order valence-electron chi connectivity index (χ0n) is 15.7. The van der Waals surface area contributed by atoms with Crippen LogP contribution in [0.25, 0.3) is 0 Å². The maximum Gasteiger partial charge on any atom is 0.320 e. The van der Waals surface area contributed by atoms with Crippen LogP contribution in [0.15, 0.2) is 6.20 Å². The number of carbonyl (C=O) groups is 3. The summed E-state index contributed by atoms with van der Waals surface area (Å²) in [6.07, 6.45) is 6.75. The monoisotopic (exact) mass is 409 g/mol. The third kappa shape index (κ3) is 3.70. The average Bonchev–Trinajstić information content (AvgIpc) is 3.31. The van der Waals surface area contributed by atoms with Crippen molar-refractivity contribution in [1.29, 1.82) is 0 Å². The number of nitrogens with zero attached hydrogens (tertiary/aromatic N) is 2. The molecule has 1 saturated heterocycles. The van der Waals surface area contributed by atoms with Crippen molar-refractivity contribution in [3.05, 3.63) is 11.1 Å². The molecule has 2 heterocycles. The smallest absolute Gasteiger partial charge is 0.320 e. The molecule has 2 aliphatic rings. The fraction of sp³-hybridized carbons (Fsp3) is 0.667. The fourth-order valence-corrected chi connectivity index (χ4v) is 5.30. The van der Waals surface area contributed by atoms with E-state index >= 15 is 0 Å². The molecular weight excluding hydrogens is 382 g/mol. The van der Waals surface area contributed by atoms with E-state index in [0.717, 1.165) is 24.1 Å². The normalized spacial score (nSPS) is 23.2. The van der Waals surface area contributed by atoms with Gasteiger partial charge in [-0.05, 0) is 31.6 Å². The maximum absolute atomic E-state index is 13.4. The number of aromatic nitrogens is 1. The molecule has 1 aromatic heterocycles. The summed E-state index contributed by atoms with van der Waals surface area (Å²) in [6.45, 7) is 0.526. The van der Waals surface area contributed by atoms with Crippen LogP contribution < -0.4 is 16.8 Å². The van der Waals surface area contributed by atoms with Crippen LogP contribution in [0.4, 0.5) is 5.13 Å². The standard InChI is InChI=1S/C18H27N5O4S/c19-15(26)18(11-5-2-1-3-6-11,23-8-4-7-13(23)14(24)25)16(27)21-9-12-10-22-17(20)28-12/h10-11,13H,1-9H2,(H2,19,26)(H2,20,22)(H,21,27)(H,24,25)/t13-,18+/m1/s1. The number of hydrogen-bond donors (Lipinski definition) is 4. The number of carbonyl (C=O) groups excluding carboxylic acids is 2. The molecule has 154 valence electrons. The Hall–Kier alpha value is -2.20. The molecule has 28 heavy (non-hydrogen) atoms. The Morgan fingerprint density at radius 2 is 1.96 bits per heavy atom. The first-order chi connectivity index (χ1) is 13.4. The maximum atomic E-state index is 13.4. The van der Waals surface area contributed by atoms with Crippen molar-refractivity contribution in [2.24, 2.45) is 11.7 Å². The summed E-state index contributed by atoms with van der Waals surface area (Å²) in [5, 5.41) is 12.9. The average molecular weight is 410 g/mol. The first kappa shape index (κ1) is 20.5. The van der Waals surface area contributed by atoms with Gasteiger partial charge < -0.3 is 21.9 Å². The number of thiazole rings is 1. The van der Waals surface area contributed by atoms with Crippen LogP contribution in [0.1, 0.15) is 49.8 Å². The van der Waals surface area contributed by atoms with Gasteiger partial charge in [0.05, 0.1) is 6.54 Å². The Balaban J connectivity index is 1.95. The molecular formula is C18H27N5O4S. The van der Waals surface area contributed by atoms with Crippen LogP contribution in [0, 0.1) is 5.92 Å². The van der Waals surface area contributed by atoms with Crippen molar-refractivity contribution in [2.75, 3.05) is 12.3 Å². The number of nitrogens with one attached hydrogen (secondary N) is 1. The van der Waals surface area contributed by atoms with E-state index < -0.39 is 29.4 Å². The molecule has 1 aliphatic carbocycles. The molecule has 0 aromatic carbocycles. The lowest BCUT2D eigenvalue weighted by molar-refractivity contribution is -0.157. The fourth-order valence-electron chi connectivity index (χ4n) is 4.68. The molecule has 2 amide bonds. The molecule has 1 saturated carbocycles. The minimum Gasteiger partial charge on any atom is -0.480 e. The lowest BCUT2D eigenvalue weighted by Gasteiger charge is -2.46. The number of nitrogen functional groups attached to an aromatic ring is 1. The van der Waals surface area contributed by atoms with E-state index in [1.165, 1.54) is 11.3 Å². The van der Waals surface area contributed by atoms with Gasteiger partial charge in [-0.3, -0.25) is 19.3 Å². The largest absolute Gasteiger partial charge is 0.480 e. The van der Waals surface area contributed by atoms with Gasteiger partial charge in [-0.1, -0.05) is 19.3 Å². The molecule has 2 atom stereocenters. The molecule has 0 bridgehead atoms. The highest BCUT2D eigenvalue weighted by Gasteiger charge is 2.59. The highest BCUT2D eigenvalue weighted by atomic mass is 32.1. The summed E-state index contributed by atoms with van der Waals surface area (Å²) in [6, 6.07) is -0.890. The first-order valence-electron chi connectivity index (χ1n) is 9.65. The molecule has 1 aromatic rings. The highest BCUT2D eigenvalue weighted by molar-refractivity contribution is 7.15. The zero-order valence-corrected chi connectivity index (χ0v) is 16.5. The minimum atomic E-state index is -1.66. The van der Waals surface area contributed by atoms with Gasteiger partial charge in [-0.15, -0.1) is 11.3 Å². The minimum absolute atomic E-state index is 0.168. The SMILES string of the molecule is NC(=O)[C@](C(=O)NCc1cnc(N)s1)(C1CCCCC1)N1CCC[C@@H]1C(=O)O. The molecule has 6 N–H and O–H groups in total. The Bertz CT molecular complexity index is 748. The van der Waals surface area contributed by atoms with Gasteiger partial charge in [0.25, 0.3) is 5.91 Å². The van der Waals surface area contributed by atoms with Crippen molar-refractivity contribution in [3.63, 3.8) is 0 Å². The highest BCUT2D eigenvalue weighted by Crippen LogP contribution is 2.40. The van der Waals surface area contributed by atoms with E-state index in [2.05, 4.69) is 10.3 Å². The number of aliphatic carboxylic acids is 1. The summed E-state index contributed by atoms with van der Waals surface area (Å²) < 4.78 is 0. The number of hydrogen-bond acceptors (Lipinski definition) is 7. The molecule has 2 fully saturated rings. The van der Waals surface area contributed by atoms with Crippen LogP contribution in [0.3, 0.4) is 0 Å². The second-order valence-corrected chi connectivity index (χ2v) is 8.65. The quantitative estimate of drug-likeness (QED) is 0.484. The molecule has 0 spiro atoms. The van der Waals surface area contributed by atoms with Crippen LogP contribution >= 0.6 is 11.3 Å². The van der Waals surface area contributed by atoms with Gasteiger partial charge in [0.15, 0.2) is 10.7 Å². The number of primary amides is 1. The van der Waals surface area contributed by atoms with E-state index in [1.807, 2.05) is 0 Å². The number of carboxylic acid groups (broad SMARTS) is 1. The summed E-state index contributed by atoms with van der Waals surface area (Å²) in [7, 11) is 0. The Morgan fingerprint density at radius 3 is 2.54 bits per heavy atom. The van der Waals surface area contributed by atoms with Gasteiger partial charge in [-0.25, -0.2) is 4.98 Å². The van der Waals surface area contributed by atoms with Crippen LogP contribution in [0.5, 0.6) is 0 Å². The second kappa shape index (κ2) is 8.44. The molecule has 10 heteroatoms. The molecule has 0 radical (unpaired) electrons. The van der Waals surface area contributed by atoms with Crippen molar-refractivity contribution in [2.45, 2.75) is 63.1 Å². The second-order valence-electron chi connectivity index (χ2n) is 7.50. The van der Waals surface area contributed by atoms with Crippen molar-refractivity contribution in [3.8, 4) is 0 Å². The summed E-state index contributed by atoms with van der Waals surface area (Å²) in [5.74, 6) is -2.62. The van der Waals surface area contributed by atoms with Gasteiger partial charge in [0.1, 0.15) is 6.04 Å². The number of amides is 2. The summed E-state index contributed by atoms with van der Waals surface area (Å²) >= 11 is 1.25. The van der Waals surface area contributed by atoms with Crippen molar-refractivity contribution < 1.29 is 19.5 Å². The van der Waals surface area contributed by atoms with Crippen LogP contribution in [0.2, 0.25) is 0 Å². The molecule has 9 nitrogen and oxygen atoms in total. The molecule has 1 aliphatic heterocycles. The van der Waals surface area contributed by atoms with Gasteiger partial charge in [0.2, 0.25) is 5.91 Å². The Kier molecular flexibility index (Phi) is 6.19. The first-order valence-corrected chi connectivity index (χ1v) is 10.5. The lowest BCUT2D eigenvalue weighted by Crippen LogP contribution is -2.71. The molecule has 0 unspecified atom stereocenters. The van der Waals surface area contributed by atoms with Crippen molar-refractivity contribution in [1.82, 2.24) is 15.2 Å². The van der Waals surface area contributed by atoms with E-state index in [9.17, 15) is 19.5 Å². The van der Waals surface area contributed by atoms with E-state index in [0.29, 0.717) is 37.4 Å². The number of anilines is 1. The van der Waals surface area contributed by atoms with E-state index in [-0.39, 0.29) is 12.5 Å². The number of nitrogens with two attached hydrogens (primary N) is 2. The number of carboxylic acids is 1. The van der Waals surface area contributed by atoms with E-state index in [4.69, 9.17) is 11.5 Å². The lowest BCUT2D eigenvalue weighted by atomic mass is 9.72. The predicted molar refractivity (Wildman–Crippen MR) is 104 cm³/mol. The summed E-state index contributed by atoms with van der Waals surface area (Å²) in [4.78, 5) is 44.4. The van der Waals surface area contributed by atoms with Gasteiger partial charge >= 0.3 is 5.97 Å². The third-order valence-electron chi connectivity index (χ3n) is 5.90. The number of likely N-dealkylation sites (tertiary alicyclic amines) is 1. The van der Waals surface area contributed by atoms with E-state index in [1.54, 1.807) is 11.1 Å². The van der Waals surface area contributed by atoms with Crippen LogP contribution in [-0.4, -0.2) is 50.9 Å². The molecule has 3 rings (SSSR count). The Labute approximate surface area is 167 Å². The van der Waals surface area contributed by atoms with Gasteiger partial charge in [-0.2, -0.15) is 0 Å². The summed E-state index contributed by atoms with van der Waals surface area (Å²) in [5.41, 5.74) is 9.83. The van der Waals surface area contributed by atoms with Gasteiger partial charge in [0, 0.05) is 17.6 Å².